The molecule has 0 spiro atoms. The van der Waals surface area contributed by atoms with Crippen LogP contribution in [0.5, 0.6) is 0 Å². The van der Waals surface area contributed by atoms with Crippen molar-refractivity contribution < 1.29 is 38.9 Å². The van der Waals surface area contributed by atoms with Gasteiger partial charge in [-0.3, -0.25) is 0 Å². The SMILES string of the molecule is CCCCCCCC(C)OC(=O)/C=C\C(=O)[O-].CCCCCCCC(C)OC(=O)/C=C\C(=O)[O-].[CH2]CCCCCCC.[CH2]CCCCCCC.[Sn+2]. The van der Waals surface area contributed by atoms with E-state index >= 15 is 0 Å². The van der Waals surface area contributed by atoms with Crippen LogP contribution in [-0.2, 0) is 28.7 Å². The number of esters is 2. The molecule has 2 unspecified atom stereocenters. The molecule has 51 heavy (non-hydrogen) atoms. The molecule has 296 valence electrons. The van der Waals surface area contributed by atoms with Crippen LogP contribution in [0.2, 0.25) is 0 Å². The molecule has 0 aromatic heterocycles. The van der Waals surface area contributed by atoms with Gasteiger partial charge in [0.05, 0.1) is 24.1 Å². The van der Waals surface area contributed by atoms with Gasteiger partial charge >= 0.3 is 35.8 Å². The first kappa shape index (κ1) is 58.5. The summed E-state index contributed by atoms with van der Waals surface area (Å²) in [4.78, 5) is 42.3. The van der Waals surface area contributed by atoms with Gasteiger partial charge in [0.1, 0.15) is 0 Å². The summed E-state index contributed by atoms with van der Waals surface area (Å²) in [5.41, 5.74) is 0. The molecule has 0 saturated carbocycles. The molecule has 0 saturated heterocycles. The predicted octanol–water partition coefficient (Wildman–Crippen LogP) is 9.15. The van der Waals surface area contributed by atoms with Crippen LogP contribution in [0.25, 0.3) is 0 Å². The summed E-state index contributed by atoms with van der Waals surface area (Å²) in [5.74, 6) is -4.05. The van der Waals surface area contributed by atoms with E-state index in [9.17, 15) is 29.4 Å². The zero-order chi connectivity index (χ0) is 38.7. The van der Waals surface area contributed by atoms with E-state index in [0.29, 0.717) is 12.2 Å². The standard InChI is InChI=1S/2C13H22O4.2C8H17.Sn/c2*1-3-4-5-6-7-8-11(2)17-13(16)10-9-12(14)15;2*1-3-5-7-8-6-4-2;/h2*9-11H,3-8H2,1-2H3,(H,14,15);2*1,3-8H2,2H3;/q;;;;+2/p-2/b2*10-9-;;;. The Morgan fingerprint density at radius 1 is 0.471 bits per heavy atom. The van der Waals surface area contributed by atoms with Gasteiger partial charge in [-0.15, -0.1) is 0 Å². The molecule has 4 radical (unpaired) electrons. The molecule has 0 aliphatic carbocycles. The molecule has 0 aliphatic heterocycles. The zero-order valence-electron chi connectivity index (χ0n) is 33.6. The van der Waals surface area contributed by atoms with Crippen molar-refractivity contribution in [2.75, 3.05) is 0 Å². The third kappa shape index (κ3) is 63.6. The minimum atomic E-state index is -1.39. The molecule has 0 N–H and O–H groups in total. The smallest absolute Gasteiger partial charge is 0.545 e. The molecular weight excluding hydrogens is 751 g/mol. The van der Waals surface area contributed by atoms with E-state index in [0.717, 1.165) is 63.5 Å². The molecule has 0 aromatic carbocycles. The number of carbonyl (C=O) groups excluding carboxylic acids is 4. The second-order valence-electron chi connectivity index (χ2n) is 12.7. The van der Waals surface area contributed by atoms with Gasteiger partial charge in [0, 0.05) is 12.2 Å². The van der Waals surface area contributed by atoms with Crippen LogP contribution in [0, 0.1) is 13.8 Å². The molecule has 0 rings (SSSR count). The summed E-state index contributed by atoms with van der Waals surface area (Å²) >= 11 is 0. The average molecular weight is 828 g/mol. The molecular formula is C42H76O8Sn. The Balaban J connectivity index is -0.000000194. The number of carboxylic acids is 2. The maximum atomic E-state index is 11.1. The zero-order valence-corrected chi connectivity index (χ0v) is 36.5. The Hall–Kier alpha value is -1.84. The average Bonchev–Trinajstić information content (AvgIpc) is 3.07. The summed E-state index contributed by atoms with van der Waals surface area (Å²) in [6, 6.07) is 0. The quantitative estimate of drug-likeness (QED) is 0.0330. The van der Waals surface area contributed by atoms with Gasteiger partial charge in [0.2, 0.25) is 0 Å². The molecule has 0 aromatic rings. The van der Waals surface area contributed by atoms with E-state index in [-0.39, 0.29) is 36.1 Å². The first-order chi connectivity index (χ1) is 23.9. The Morgan fingerprint density at radius 3 is 0.961 bits per heavy atom. The van der Waals surface area contributed by atoms with E-state index in [2.05, 4.69) is 41.5 Å². The van der Waals surface area contributed by atoms with Crippen molar-refractivity contribution in [3.63, 3.8) is 0 Å². The fourth-order valence-corrected chi connectivity index (χ4v) is 4.50. The molecule has 0 bridgehead atoms. The van der Waals surface area contributed by atoms with Gasteiger partial charge in [-0.2, -0.15) is 0 Å². The van der Waals surface area contributed by atoms with Crippen LogP contribution in [0.4, 0.5) is 0 Å². The summed E-state index contributed by atoms with van der Waals surface area (Å²) in [6.07, 6.45) is 32.0. The van der Waals surface area contributed by atoms with Crippen molar-refractivity contribution >= 4 is 47.8 Å². The fourth-order valence-electron chi connectivity index (χ4n) is 4.50. The molecule has 2 atom stereocenters. The topological polar surface area (TPSA) is 133 Å². The van der Waals surface area contributed by atoms with Crippen molar-refractivity contribution in [2.45, 2.75) is 208 Å². The van der Waals surface area contributed by atoms with Gasteiger partial charge in [-0.25, -0.2) is 9.59 Å². The van der Waals surface area contributed by atoms with Crippen LogP contribution in [-0.4, -0.2) is 60.0 Å². The van der Waals surface area contributed by atoms with Gasteiger partial charge in [0.25, 0.3) is 0 Å². The van der Waals surface area contributed by atoms with E-state index in [1.807, 2.05) is 13.8 Å². The summed E-state index contributed by atoms with van der Waals surface area (Å²) in [7, 11) is 0. The van der Waals surface area contributed by atoms with E-state index in [1.165, 1.54) is 103 Å². The van der Waals surface area contributed by atoms with Crippen molar-refractivity contribution in [2.24, 2.45) is 0 Å². The summed E-state index contributed by atoms with van der Waals surface area (Å²) < 4.78 is 9.98. The Labute approximate surface area is 331 Å². The van der Waals surface area contributed by atoms with E-state index in [1.54, 1.807) is 0 Å². The largest absolute Gasteiger partial charge is 2.00 e. The summed E-state index contributed by atoms with van der Waals surface area (Å²) in [5, 5.41) is 20.1. The van der Waals surface area contributed by atoms with Gasteiger partial charge < -0.3 is 29.3 Å². The first-order valence-corrected chi connectivity index (χ1v) is 19.7. The van der Waals surface area contributed by atoms with Crippen molar-refractivity contribution in [1.82, 2.24) is 0 Å². The van der Waals surface area contributed by atoms with Crippen LogP contribution in [0.15, 0.2) is 24.3 Å². The predicted molar refractivity (Wildman–Crippen MR) is 209 cm³/mol. The second kappa shape index (κ2) is 50.3. The van der Waals surface area contributed by atoms with Gasteiger partial charge in [-0.05, 0) is 51.7 Å². The normalized spacial score (nSPS) is 11.5. The summed E-state index contributed by atoms with van der Waals surface area (Å²) in [6.45, 7) is 20.0. The van der Waals surface area contributed by atoms with Crippen LogP contribution in [0.3, 0.4) is 0 Å². The first-order valence-electron chi connectivity index (χ1n) is 19.7. The van der Waals surface area contributed by atoms with Gasteiger partial charge in [0.15, 0.2) is 0 Å². The third-order valence-corrected chi connectivity index (χ3v) is 7.48. The van der Waals surface area contributed by atoms with E-state index < -0.39 is 23.9 Å². The Bertz CT molecular complexity index is 735. The monoisotopic (exact) mass is 828 g/mol. The number of carboxylic acid groups (broad SMARTS) is 2. The third-order valence-electron chi connectivity index (χ3n) is 7.48. The number of carbonyl (C=O) groups is 4. The van der Waals surface area contributed by atoms with Crippen molar-refractivity contribution in [3.05, 3.63) is 38.2 Å². The molecule has 0 heterocycles. The van der Waals surface area contributed by atoms with Gasteiger partial charge in [-0.1, -0.05) is 170 Å². The number of rotatable bonds is 28. The number of hydrogen-bond donors (Lipinski definition) is 0. The maximum Gasteiger partial charge on any atom is 2.00 e. The molecule has 8 nitrogen and oxygen atoms in total. The minimum Gasteiger partial charge on any atom is -0.545 e. The van der Waals surface area contributed by atoms with Crippen LogP contribution >= 0.6 is 0 Å². The molecule has 0 aliphatic rings. The number of unbranched alkanes of at least 4 members (excludes halogenated alkanes) is 18. The molecule has 9 heteroatoms. The van der Waals surface area contributed by atoms with Crippen LogP contribution in [0.1, 0.15) is 196 Å². The number of aliphatic carboxylic acids is 2. The fraction of sp³-hybridized carbons (Fsp3) is 0.762. The second-order valence-corrected chi connectivity index (χ2v) is 12.7. The van der Waals surface area contributed by atoms with Crippen LogP contribution < -0.4 is 10.2 Å². The number of hydrogen-bond acceptors (Lipinski definition) is 8. The minimum absolute atomic E-state index is 0. The number of ether oxygens (including phenoxy) is 2. The van der Waals surface area contributed by atoms with E-state index in [4.69, 9.17) is 9.47 Å². The molecule has 0 amide bonds. The Kier molecular flexibility index (Phi) is 57.6. The Morgan fingerprint density at radius 2 is 0.725 bits per heavy atom. The molecule has 0 fully saturated rings. The maximum absolute atomic E-state index is 11.1. The van der Waals surface area contributed by atoms with Crippen molar-refractivity contribution in [3.8, 4) is 0 Å². The van der Waals surface area contributed by atoms with Crippen molar-refractivity contribution in [1.29, 1.82) is 0 Å².